The van der Waals surface area contributed by atoms with Crippen LogP contribution in [0.3, 0.4) is 0 Å². The van der Waals surface area contributed by atoms with Crippen LogP contribution in [0.1, 0.15) is 36.1 Å². The zero-order chi connectivity index (χ0) is 16.7. The third kappa shape index (κ3) is 2.59. The van der Waals surface area contributed by atoms with E-state index in [-0.39, 0.29) is 0 Å². The molecule has 2 aromatic rings. The predicted octanol–water partition coefficient (Wildman–Crippen LogP) is 4.03. The number of likely N-dealkylation sites (N-methyl/N-ethyl adjacent to an activating group) is 1. The zero-order valence-corrected chi connectivity index (χ0v) is 15.8. The van der Waals surface area contributed by atoms with Crippen LogP contribution in [0.15, 0.2) is 18.2 Å². The molecule has 3 atom stereocenters. The van der Waals surface area contributed by atoms with Crippen molar-refractivity contribution in [3.63, 3.8) is 0 Å². The van der Waals surface area contributed by atoms with E-state index in [0.29, 0.717) is 18.6 Å². The summed E-state index contributed by atoms with van der Waals surface area (Å²) >= 11 is 2.00. The van der Waals surface area contributed by atoms with E-state index in [9.17, 15) is 0 Å². The Labute approximate surface area is 149 Å². The van der Waals surface area contributed by atoms with Gasteiger partial charge in [0.25, 0.3) is 0 Å². The maximum atomic E-state index is 5.45. The van der Waals surface area contributed by atoms with Gasteiger partial charge in [-0.3, -0.25) is 4.90 Å². The van der Waals surface area contributed by atoms with Gasteiger partial charge in [0.15, 0.2) is 0 Å². The maximum absolute atomic E-state index is 5.45. The van der Waals surface area contributed by atoms with Gasteiger partial charge in [-0.1, -0.05) is 19.1 Å². The van der Waals surface area contributed by atoms with Crippen molar-refractivity contribution in [1.82, 2.24) is 9.88 Å². The van der Waals surface area contributed by atoms with E-state index in [1.54, 1.807) is 12.7 Å². The summed E-state index contributed by atoms with van der Waals surface area (Å²) in [6.07, 6.45) is 4.75. The quantitative estimate of drug-likeness (QED) is 0.888. The minimum atomic E-state index is 0.651. The van der Waals surface area contributed by atoms with Crippen LogP contribution < -0.4 is 0 Å². The van der Waals surface area contributed by atoms with E-state index in [2.05, 4.69) is 41.3 Å². The van der Waals surface area contributed by atoms with Crippen LogP contribution >= 0.6 is 11.8 Å². The number of nitrogens with zero attached hydrogens (tertiary/aromatic N) is 1. The summed E-state index contributed by atoms with van der Waals surface area (Å²) in [6, 6.07) is 7.48. The van der Waals surface area contributed by atoms with Gasteiger partial charge in [-0.25, -0.2) is 0 Å². The standard InChI is InChI=1S/C20H28N2OS/c1-4-22-10-13(12-24-3)8-15-14-6-5-7-17-20(14)16(9-19(15)22)18(21-17)11-23-2/h5-7,13,15,19,21H,4,8-12H2,1-3H3/t13-,15?,19-/m1/s1. The summed E-state index contributed by atoms with van der Waals surface area (Å²) in [4.78, 5) is 6.36. The van der Waals surface area contributed by atoms with Crippen LogP contribution in [0.2, 0.25) is 0 Å². The van der Waals surface area contributed by atoms with Gasteiger partial charge in [0, 0.05) is 42.2 Å². The van der Waals surface area contributed by atoms with Crippen LogP contribution in [0.5, 0.6) is 0 Å². The van der Waals surface area contributed by atoms with Gasteiger partial charge in [-0.2, -0.15) is 11.8 Å². The fraction of sp³-hybridized carbons (Fsp3) is 0.600. The summed E-state index contributed by atoms with van der Waals surface area (Å²) in [7, 11) is 1.79. The molecule has 1 aromatic heterocycles. The molecule has 3 nitrogen and oxygen atoms in total. The Morgan fingerprint density at radius 2 is 2.25 bits per heavy atom. The number of fused-ring (bicyclic) bond motifs is 2. The number of piperidine rings is 1. The first-order valence-electron chi connectivity index (χ1n) is 9.11. The fourth-order valence-electron chi connectivity index (χ4n) is 5.05. The maximum Gasteiger partial charge on any atom is 0.0865 e. The average Bonchev–Trinajstić information content (AvgIpc) is 2.94. The molecule has 1 unspecified atom stereocenters. The second-order valence-electron chi connectivity index (χ2n) is 7.31. The van der Waals surface area contributed by atoms with Crippen LogP contribution in [-0.2, 0) is 17.8 Å². The average molecular weight is 345 g/mol. The number of nitrogens with one attached hydrogen (secondary N) is 1. The van der Waals surface area contributed by atoms with E-state index < -0.39 is 0 Å². The Bertz CT molecular complexity index is 726. The van der Waals surface area contributed by atoms with Crippen LogP contribution in [0, 0.1) is 5.92 Å². The van der Waals surface area contributed by atoms with Gasteiger partial charge < -0.3 is 9.72 Å². The topological polar surface area (TPSA) is 28.3 Å². The second-order valence-corrected chi connectivity index (χ2v) is 8.22. The molecule has 1 aliphatic heterocycles. The molecular weight excluding hydrogens is 316 g/mol. The molecule has 24 heavy (non-hydrogen) atoms. The monoisotopic (exact) mass is 344 g/mol. The first-order chi connectivity index (χ1) is 11.8. The van der Waals surface area contributed by atoms with Crippen molar-refractivity contribution in [2.24, 2.45) is 5.92 Å². The summed E-state index contributed by atoms with van der Waals surface area (Å²) in [6.45, 7) is 5.42. The molecule has 0 saturated carbocycles. The van der Waals surface area contributed by atoms with E-state index in [1.807, 2.05) is 11.8 Å². The highest BCUT2D eigenvalue weighted by Gasteiger charge is 2.40. The molecule has 4 rings (SSSR count). The Morgan fingerprint density at radius 3 is 3.00 bits per heavy atom. The number of rotatable bonds is 5. The largest absolute Gasteiger partial charge is 0.378 e. The number of aromatic amines is 1. The molecular formula is C20H28N2OS. The normalized spacial score (nSPS) is 26.7. The molecule has 1 fully saturated rings. The minimum absolute atomic E-state index is 0.651. The molecule has 1 saturated heterocycles. The van der Waals surface area contributed by atoms with Crippen molar-refractivity contribution in [3.8, 4) is 0 Å². The van der Waals surface area contributed by atoms with Gasteiger partial charge >= 0.3 is 0 Å². The van der Waals surface area contributed by atoms with Crippen LogP contribution in [-0.4, -0.2) is 48.1 Å². The van der Waals surface area contributed by atoms with E-state index in [0.717, 1.165) is 12.5 Å². The minimum Gasteiger partial charge on any atom is -0.378 e. The van der Waals surface area contributed by atoms with Gasteiger partial charge in [0.1, 0.15) is 0 Å². The predicted molar refractivity (Wildman–Crippen MR) is 103 cm³/mol. The number of likely N-dealkylation sites (tertiary alicyclic amines) is 1. The highest BCUT2D eigenvalue weighted by atomic mass is 32.2. The molecule has 0 radical (unpaired) electrons. The zero-order valence-electron chi connectivity index (χ0n) is 15.0. The van der Waals surface area contributed by atoms with Gasteiger partial charge in [-0.05, 0) is 54.5 Å². The Morgan fingerprint density at radius 1 is 1.38 bits per heavy atom. The van der Waals surface area contributed by atoms with Gasteiger partial charge in [0.05, 0.1) is 6.61 Å². The van der Waals surface area contributed by atoms with Gasteiger partial charge in [0.2, 0.25) is 0 Å². The molecule has 130 valence electrons. The summed E-state index contributed by atoms with van der Waals surface area (Å²) in [5.41, 5.74) is 5.65. The molecule has 4 heteroatoms. The second kappa shape index (κ2) is 6.74. The lowest BCUT2D eigenvalue weighted by Gasteiger charge is -2.47. The first-order valence-corrected chi connectivity index (χ1v) is 10.5. The molecule has 0 spiro atoms. The van der Waals surface area contributed by atoms with Crippen molar-refractivity contribution >= 4 is 22.7 Å². The molecule has 1 aromatic carbocycles. The fourth-order valence-corrected chi connectivity index (χ4v) is 5.76. The van der Waals surface area contributed by atoms with Crippen molar-refractivity contribution in [1.29, 1.82) is 0 Å². The number of hydrogen-bond donors (Lipinski definition) is 1. The molecule has 2 heterocycles. The highest BCUT2D eigenvalue weighted by molar-refractivity contribution is 7.98. The van der Waals surface area contributed by atoms with Crippen LogP contribution in [0.4, 0.5) is 0 Å². The Kier molecular flexibility index (Phi) is 4.63. The van der Waals surface area contributed by atoms with E-state index >= 15 is 0 Å². The first kappa shape index (κ1) is 16.5. The lowest BCUT2D eigenvalue weighted by Crippen LogP contribution is -2.50. The third-order valence-electron chi connectivity index (χ3n) is 5.97. The van der Waals surface area contributed by atoms with E-state index in [1.165, 1.54) is 47.3 Å². The number of benzene rings is 1. The number of H-pyrrole nitrogens is 1. The molecule has 1 N–H and O–H groups in total. The Balaban J connectivity index is 1.80. The Hall–Kier alpha value is -0.970. The molecule has 0 bridgehead atoms. The molecule has 1 aliphatic carbocycles. The van der Waals surface area contributed by atoms with Crippen molar-refractivity contribution < 1.29 is 4.74 Å². The number of methoxy groups -OCH3 is 1. The number of thioether (sulfide) groups is 1. The number of aromatic nitrogens is 1. The van der Waals surface area contributed by atoms with E-state index in [4.69, 9.17) is 4.74 Å². The smallest absolute Gasteiger partial charge is 0.0865 e. The molecule has 2 aliphatic rings. The summed E-state index contributed by atoms with van der Waals surface area (Å²) in [5, 5.41) is 1.49. The number of ether oxygens (including phenoxy) is 1. The lowest BCUT2D eigenvalue weighted by atomic mass is 9.72. The van der Waals surface area contributed by atoms with Crippen molar-refractivity contribution in [3.05, 3.63) is 35.0 Å². The SMILES string of the molecule is CCN1C[C@H](CSC)CC2c3cccc4[nH]c(COC)c(c34)C[C@H]21. The van der Waals surface area contributed by atoms with Crippen molar-refractivity contribution in [2.75, 3.05) is 32.2 Å². The van der Waals surface area contributed by atoms with Crippen LogP contribution in [0.25, 0.3) is 10.9 Å². The summed E-state index contributed by atoms with van der Waals surface area (Å²) in [5.74, 6) is 2.78. The highest BCUT2D eigenvalue weighted by Crippen LogP contribution is 2.46. The van der Waals surface area contributed by atoms with Crippen molar-refractivity contribution in [2.45, 2.75) is 38.3 Å². The summed E-state index contributed by atoms with van der Waals surface area (Å²) < 4.78 is 5.45. The van der Waals surface area contributed by atoms with Gasteiger partial charge in [-0.15, -0.1) is 0 Å². The number of hydrogen-bond acceptors (Lipinski definition) is 3. The molecule has 0 amide bonds. The lowest BCUT2D eigenvalue weighted by molar-refractivity contribution is 0.0977. The third-order valence-corrected chi connectivity index (χ3v) is 6.78.